The highest BCUT2D eigenvalue weighted by Gasteiger charge is 1.93. The van der Waals surface area contributed by atoms with Gasteiger partial charge in [0.1, 0.15) is 5.75 Å². The SMILES string of the molecule is [CH]C(=O)Oc1ccccc1. The maximum Gasteiger partial charge on any atom is 0.316 e. The Morgan fingerprint density at radius 1 is 1.30 bits per heavy atom. The molecule has 0 amide bonds. The van der Waals surface area contributed by atoms with Crippen LogP contribution in [0.4, 0.5) is 0 Å². The highest BCUT2D eigenvalue weighted by Crippen LogP contribution is 2.07. The fourth-order valence-electron chi connectivity index (χ4n) is 0.605. The van der Waals surface area contributed by atoms with Gasteiger partial charge in [0.15, 0.2) is 0 Å². The van der Waals surface area contributed by atoms with E-state index in [2.05, 4.69) is 4.74 Å². The third-order valence-electron chi connectivity index (χ3n) is 0.962. The van der Waals surface area contributed by atoms with E-state index >= 15 is 0 Å². The lowest BCUT2D eigenvalue weighted by Gasteiger charge is -1.97. The maximum atomic E-state index is 10.2. The molecule has 1 aromatic carbocycles. The van der Waals surface area contributed by atoms with E-state index in [1.165, 1.54) is 0 Å². The molecular weight excluding hydrogens is 128 g/mol. The summed E-state index contributed by atoms with van der Waals surface area (Å²) in [4.78, 5) is 10.2. The second-order valence-corrected chi connectivity index (χ2v) is 1.73. The van der Waals surface area contributed by atoms with Crippen molar-refractivity contribution < 1.29 is 9.53 Å². The lowest BCUT2D eigenvalue weighted by molar-refractivity contribution is -0.129. The fraction of sp³-hybridized carbons (Fsp3) is 0. The molecular formula is C8H6O2. The zero-order valence-corrected chi connectivity index (χ0v) is 5.28. The van der Waals surface area contributed by atoms with Gasteiger partial charge in [-0.2, -0.15) is 0 Å². The van der Waals surface area contributed by atoms with Gasteiger partial charge in [0.05, 0.1) is 6.92 Å². The van der Waals surface area contributed by atoms with Crippen molar-refractivity contribution in [3.63, 3.8) is 0 Å². The van der Waals surface area contributed by atoms with Crippen LogP contribution in [0.15, 0.2) is 30.3 Å². The van der Waals surface area contributed by atoms with E-state index < -0.39 is 5.97 Å². The van der Waals surface area contributed by atoms with E-state index in [0.717, 1.165) is 0 Å². The van der Waals surface area contributed by atoms with E-state index in [9.17, 15) is 4.79 Å². The largest absolute Gasteiger partial charge is 0.426 e. The van der Waals surface area contributed by atoms with Crippen LogP contribution >= 0.6 is 0 Å². The Morgan fingerprint density at radius 3 is 2.40 bits per heavy atom. The molecule has 0 heterocycles. The van der Waals surface area contributed by atoms with Crippen molar-refractivity contribution in [1.82, 2.24) is 0 Å². The molecule has 0 aliphatic rings. The Morgan fingerprint density at radius 2 is 1.90 bits per heavy atom. The molecule has 50 valence electrons. The molecule has 0 atom stereocenters. The van der Waals surface area contributed by atoms with Gasteiger partial charge in [-0.3, -0.25) is 4.79 Å². The van der Waals surface area contributed by atoms with Gasteiger partial charge in [-0.25, -0.2) is 0 Å². The third-order valence-corrected chi connectivity index (χ3v) is 0.962. The molecule has 1 aromatic rings. The van der Waals surface area contributed by atoms with Crippen molar-refractivity contribution in [2.75, 3.05) is 0 Å². The molecule has 2 radical (unpaired) electrons. The van der Waals surface area contributed by atoms with Gasteiger partial charge in [-0.1, -0.05) is 18.2 Å². The monoisotopic (exact) mass is 134 g/mol. The van der Waals surface area contributed by atoms with Gasteiger partial charge in [-0.05, 0) is 12.1 Å². The second kappa shape index (κ2) is 3.01. The predicted octanol–water partition coefficient (Wildman–Crippen LogP) is 1.30. The molecule has 0 aromatic heterocycles. The molecule has 0 aliphatic carbocycles. The van der Waals surface area contributed by atoms with E-state index in [0.29, 0.717) is 5.75 Å². The fourth-order valence-corrected chi connectivity index (χ4v) is 0.605. The van der Waals surface area contributed by atoms with E-state index in [1.807, 2.05) is 6.07 Å². The average molecular weight is 134 g/mol. The lowest BCUT2D eigenvalue weighted by Crippen LogP contribution is -2.00. The summed E-state index contributed by atoms with van der Waals surface area (Å²) < 4.78 is 4.55. The van der Waals surface area contributed by atoms with Gasteiger partial charge in [0.25, 0.3) is 0 Å². The highest BCUT2D eigenvalue weighted by atomic mass is 16.5. The van der Waals surface area contributed by atoms with E-state index in [-0.39, 0.29) is 0 Å². The van der Waals surface area contributed by atoms with Crippen molar-refractivity contribution >= 4 is 5.97 Å². The number of esters is 1. The van der Waals surface area contributed by atoms with Crippen LogP contribution in [0.1, 0.15) is 0 Å². The third kappa shape index (κ3) is 1.90. The second-order valence-electron chi connectivity index (χ2n) is 1.73. The highest BCUT2D eigenvalue weighted by molar-refractivity contribution is 5.76. The Balaban J connectivity index is 2.67. The van der Waals surface area contributed by atoms with Gasteiger partial charge >= 0.3 is 5.97 Å². The summed E-state index contributed by atoms with van der Waals surface area (Å²) in [6, 6.07) is 8.67. The predicted molar refractivity (Wildman–Crippen MR) is 36.4 cm³/mol. The van der Waals surface area contributed by atoms with Crippen molar-refractivity contribution in [2.24, 2.45) is 0 Å². The number of ether oxygens (including phenoxy) is 1. The molecule has 0 saturated heterocycles. The Hall–Kier alpha value is -1.31. The summed E-state index contributed by atoms with van der Waals surface area (Å²) in [5.41, 5.74) is 0. The Bertz CT molecular complexity index is 216. The van der Waals surface area contributed by atoms with Crippen LogP contribution in [-0.2, 0) is 4.79 Å². The molecule has 2 heteroatoms. The first kappa shape index (κ1) is 6.81. The van der Waals surface area contributed by atoms with Gasteiger partial charge in [0.2, 0.25) is 0 Å². The normalized spacial score (nSPS) is 8.90. The van der Waals surface area contributed by atoms with Crippen molar-refractivity contribution in [3.05, 3.63) is 37.3 Å². The first-order valence-corrected chi connectivity index (χ1v) is 2.81. The number of hydrogen-bond acceptors (Lipinski definition) is 2. The molecule has 0 bridgehead atoms. The maximum absolute atomic E-state index is 10.2. The topological polar surface area (TPSA) is 26.3 Å². The molecule has 0 aliphatic heterocycles. The summed E-state index contributed by atoms with van der Waals surface area (Å²) in [5.74, 6) is -0.318. The summed E-state index contributed by atoms with van der Waals surface area (Å²) >= 11 is 0. The first-order valence-electron chi connectivity index (χ1n) is 2.81. The minimum Gasteiger partial charge on any atom is -0.426 e. The lowest BCUT2D eigenvalue weighted by atomic mass is 10.3. The molecule has 10 heavy (non-hydrogen) atoms. The number of benzene rings is 1. The van der Waals surface area contributed by atoms with Crippen LogP contribution in [0.3, 0.4) is 0 Å². The van der Waals surface area contributed by atoms with E-state index in [4.69, 9.17) is 6.92 Å². The van der Waals surface area contributed by atoms with Crippen LogP contribution in [0, 0.1) is 6.92 Å². The van der Waals surface area contributed by atoms with Crippen LogP contribution in [0.2, 0.25) is 0 Å². The summed E-state index contributed by atoms with van der Waals surface area (Å²) in [7, 11) is 0. The molecule has 0 spiro atoms. The average Bonchev–Trinajstić information content (AvgIpc) is 1.88. The van der Waals surface area contributed by atoms with Gasteiger partial charge in [0, 0.05) is 0 Å². The van der Waals surface area contributed by atoms with Crippen molar-refractivity contribution in [1.29, 1.82) is 0 Å². The summed E-state index contributed by atoms with van der Waals surface area (Å²) in [6.45, 7) is 4.76. The van der Waals surface area contributed by atoms with Gasteiger partial charge < -0.3 is 4.74 Å². The van der Waals surface area contributed by atoms with Crippen molar-refractivity contribution in [3.8, 4) is 5.75 Å². The summed E-state index contributed by atoms with van der Waals surface area (Å²) in [6.07, 6.45) is 0. The molecule has 0 unspecified atom stereocenters. The first-order chi connectivity index (χ1) is 4.79. The van der Waals surface area contributed by atoms with Crippen LogP contribution in [0.25, 0.3) is 0 Å². The Labute approximate surface area is 59.4 Å². The van der Waals surface area contributed by atoms with E-state index in [1.54, 1.807) is 24.3 Å². The number of hydrogen-bond donors (Lipinski definition) is 0. The van der Waals surface area contributed by atoms with Crippen LogP contribution in [0.5, 0.6) is 5.75 Å². The quantitative estimate of drug-likeness (QED) is 0.427. The minimum atomic E-state index is -0.786. The number of rotatable bonds is 1. The standard InChI is InChI=1S/C8H6O2/c1-7(9)10-8-5-3-2-4-6-8/h1-6H. The molecule has 2 nitrogen and oxygen atoms in total. The zero-order valence-electron chi connectivity index (χ0n) is 5.28. The molecule has 0 fully saturated rings. The van der Waals surface area contributed by atoms with Crippen LogP contribution < -0.4 is 4.74 Å². The molecule has 0 saturated carbocycles. The molecule has 0 N–H and O–H groups in total. The number of carbonyl (C=O) groups excluding carboxylic acids is 1. The van der Waals surface area contributed by atoms with Gasteiger partial charge in [-0.15, -0.1) is 0 Å². The number of para-hydroxylation sites is 1. The van der Waals surface area contributed by atoms with Crippen molar-refractivity contribution in [2.45, 2.75) is 0 Å². The van der Waals surface area contributed by atoms with Crippen LogP contribution in [-0.4, -0.2) is 5.97 Å². The molecule has 1 rings (SSSR count). The Kier molecular flexibility index (Phi) is 2.05. The summed E-state index contributed by atoms with van der Waals surface area (Å²) in [5, 5.41) is 0. The minimum absolute atomic E-state index is 0.468. The number of carbonyl (C=O) groups is 1. The zero-order chi connectivity index (χ0) is 7.40. The smallest absolute Gasteiger partial charge is 0.316 e.